The fourth-order valence-electron chi connectivity index (χ4n) is 1.97. The Morgan fingerprint density at radius 1 is 1.25 bits per heavy atom. The predicted octanol–water partition coefficient (Wildman–Crippen LogP) is 1.21. The molecule has 20 heavy (non-hydrogen) atoms. The van der Waals surface area contributed by atoms with E-state index in [0.717, 1.165) is 12.3 Å². The zero-order valence-corrected chi connectivity index (χ0v) is 11.3. The maximum absolute atomic E-state index is 12.4. The third-order valence-electron chi connectivity index (χ3n) is 3.16. The average molecular weight is 309 g/mol. The average Bonchev–Trinajstić information content (AvgIpc) is 2.38. The lowest BCUT2D eigenvalue weighted by molar-refractivity contribution is -0.141. The number of alkyl halides is 3. The molecule has 0 unspecified atom stereocenters. The van der Waals surface area contributed by atoms with Gasteiger partial charge in [0.15, 0.2) is 0 Å². The molecule has 0 radical (unpaired) electrons. The Bertz CT molecular complexity index is 564. The number of hydrogen-bond donors (Lipinski definition) is 1. The fraction of sp³-hybridized carbons (Fsp3) is 0.545. The molecule has 0 spiro atoms. The largest absolute Gasteiger partial charge is 0.433 e. The van der Waals surface area contributed by atoms with E-state index in [9.17, 15) is 21.6 Å². The van der Waals surface area contributed by atoms with Gasteiger partial charge in [0.2, 0.25) is 10.0 Å². The van der Waals surface area contributed by atoms with Crippen molar-refractivity contribution in [2.75, 3.05) is 13.1 Å². The first-order valence-corrected chi connectivity index (χ1v) is 7.44. The van der Waals surface area contributed by atoms with Crippen molar-refractivity contribution in [3.63, 3.8) is 0 Å². The van der Waals surface area contributed by atoms with Crippen LogP contribution in [-0.2, 0) is 16.2 Å². The summed E-state index contributed by atoms with van der Waals surface area (Å²) in [6.07, 6.45) is -2.77. The van der Waals surface area contributed by atoms with Crippen molar-refractivity contribution in [2.45, 2.75) is 30.0 Å². The number of nitrogens with zero attached hydrogens (tertiary/aromatic N) is 2. The van der Waals surface area contributed by atoms with Crippen molar-refractivity contribution in [1.29, 1.82) is 0 Å². The van der Waals surface area contributed by atoms with Crippen molar-refractivity contribution in [2.24, 2.45) is 5.73 Å². The number of halogens is 3. The lowest BCUT2D eigenvalue weighted by Crippen LogP contribution is -2.42. The molecule has 0 saturated carbocycles. The van der Waals surface area contributed by atoms with Crippen LogP contribution >= 0.6 is 0 Å². The quantitative estimate of drug-likeness (QED) is 0.891. The van der Waals surface area contributed by atoms with Crippen LogP contribution in [0.15, 0.2) is 23.2 Å². The molecule has 9 heteroatoms. The van der Waals surface area contributed by atoms with Crippen molar-refractivity contribution in [3.05, 3.63) is 24.0 Å². The minimum atomic E-state index is -4.58. The Morgan fingerprint density at radius 3 is 2.30 bits per heavy atom. The number of piperidine rings is 1. The Morgan fingerprint density at radius 2 is 1.85 bits per heavy atom. The minimum Gasteiger partial charge on any atom is -0.328 e. The van der Waals surface area contributed by atoms with E-state index in [0.29, 0.717) is 18.9 Å². The van der Waals surface area contributed by atoms with E-state index in [1.807, 2.05) is 0 Å². The van der Waals surface area contributed by atoms with Crippen molar-refractivity contribution >= 4 is 10.0 Å². The lowest BCUT2D eigenvalue weighted by Gasteiger charge is -2.29. The van der Waals surface area contributed by atoms with E-state index in [4.69, 9.17) is 5.73 Å². The number of nitrogens with two attached hydrogens (primary N) is 1. The Balaban J connectivity index is 2.22. The van der Waals surface area contributed by atoms with Gasteiger partial charge in [-0.15, -0.1) is 0 Å². The predicted molar refractivity (Wildman–Crippen MR) is 65.2 cm³/mol. The van der Waals surface area contributed by atoms with Crippen LogP contribution in [-0.4, -0.2) is 36.8 Å². The maximum atomic E-state index is 12.4. The number of pyridine rings is 1. The molecular formula is C11H14F3N3O2S. The summed E-state index contributed by atoms with van der Waals surface area (Å²) in [6.45, 7) is 0.537. The van der Waals surface area contributed by atoms with Crippen LogP contribution < -0.4 is 5.73 Å². The summed E-state index contributed by atoms with van der Waals surface area (Å²) < 4.78 is 62.8. The van der Waals surface area contributed by atoms with Crippen LogP contribution in [0.3, 0.4) is 0 Å². The smallest absolute Gasteiger partial charge is 0.328 e. The summed E-state index contributed by atoms with van der Waals surface area (Å²) in [6, 6.07) is 1.56. The van der Waals surface area contributed by atoms with Gasteiger partial charge in [0.05, 0.1) is 0 Å². The van der Waals surface area contributed by atoms with Crippen LogP contribution in [0.4, 0.5) is 13.2 Å². The number of sulfonamides is 1. The molecule has 1 aromatic rings. The van der Waals surface area contributed by atoms with Gasteiger partial charge in [-0.25, -0.2) is 8.42 Å². The number of hydrogen-bond acceptors (Lipinski definition) is 4. The summed E-state index contributed by atoms with van der Waals surface area (Å²) in [5, 5.41) is 0. The molecule has 1 aliphatic rings. The first kappa shape index (κ1) is 15.2. The second-order valence-corrected chi connectivity index (χ2v) is 6.56. The number of aromatic nitrogens is 1. The van der Waals surface area contributed by atoms with Crippen molar-refractivity contribution in [1.82, 2.24) is 9.29 Å². The molecule has 0 atom stereocenters. The first-order chi connectivity index (χ1) is 9.21. The highest BCUT2D eigenvalue weighted by atomic mass is 32.2. The topological polar surface area (TPSA) is 76.3 Å². The molecule has 0 amide bonds. The van der Waals surface area contributed by atoms with E-state index in [-0.39, 0.29) is 24.0 Å². The van der Waals surface area contributed by atoms with Crippen LogP contribution in [0.2, 0.25) is 0 Å². The third kappa shape index (κ3) is 3.10. The van der Waals surface area contributed by atoms with Gasteiger partial charge < -0.3 is 5.73 Å². The van der Waals surface area contributed by atoms with E-state index < -0.39 is 21.9 Å². The van der Waals surface area contributed by atoms with Gasteiger partial charge in [-0.05, 0) is 25.0 Å². The highest BCUT2D eigenvalue weighted by Crippen LogP contribution is 2.28. The summed E-state index contributed by atoms with van der Waals surface area (Å²) >= 11 is 0. The molecule has 0 aromatic carbocycles. The van der Waals surface area contributed by atoms with Crippen LogP contribution in [0.25, 0.3) is 0 Å². The molecule has 1 saturated heterocycles. The Labute approximate surface area is 114 Å². The summed E-state index contributed by atoms with van der Waals surface area (Å²) in [4.78, 5) is 2.94. The highest BCUT2D eigenvalue weighted by molar-refractivity contribution is 7.89. The van der Waals surface area contributed by atoms with Gasteiger partial charge in [0.1, 0.15) is 10.6 Å². The highest BCUT2D eigenvalue weighted by Gasteiger charge is 2.34. The van der Waals surface area contributed by atoms with Gasteiger partial charge in [-0.3, -0.25) is 4.98 Å². The Hall–Kier alpha value is -1.19. The number of rotatable bonds is 2. The van der Waals surface area contributed by atoms with Crippen LogP contribution in [0.1, 0.15) is 18.5 Å². The summed E-state index contributed by atoms with van der Waals surface area (Å²) in [5.74, 6) is 0. The fourth-order valence-corrected chi connectivity index (χ4v) is 3.38. The van der Waals surface area contributed by atoms with E-state index in [1.165, 1.54) is 4.31 Å². The molecule has 1 fully saturated rings. The zero-order valence-electron chi connectivity index (χ0n) is 10.5. The van der Waals surface area contributed by atoms with E-state index >= 15 is 0 Å². The Kier molecular flexibility index (Phi) is 4.03. The molecule has 5 nitrogen and oxygen atoms in total. The SMILES string of the molecule is NC1CCN(S(=O)(=O)c2ccc(C(F)(F)F)nc2)CC1. The molecule has 2 rings (SSSR count). The zero-order chi connectivity index (χ0) is 15.0. The molecule has 2 heterocycles. The van der Waals surface area contributed by atoms with E-state index in [1.54, 1.807) is 0 Å². The minimum absolute atomic E-state index is 0.0350. The monoisotopic (exact) mass is 309 g/mol. The van der Waals surface area contributed by atoms with Crippen LogP contribution in [0.5, 0.6) is 0 Å². The third-order valence-corrected chi connectivity index (χ3v) is 5.05. The summed E-state index contributed by atoms with van der Waals surface area (Å²) in [7, 11) is -3.80. The van der Waals surface area contributed by atoms with Gasteiger partial charge in [-0.2, -0.15) is 17.5 Å². The van der Waals surface area contributed by atoms with Gasteiger partial charge >= 0.3 is 6.18 Å². The summed E-state index contributed by atoms with van der Waals surface area (Å²) in [5.41, 5.74) is 4.57. The second kappa shape index (κ2) is 5.30. The first-order valence-electron chi connectivity index (χ1n) is 6.00. The molecular weight excluding hydrogens is 295 g/mol. The van der Waals surface area contributed by atoms with Gasteiger partial charge in [0.25, 0.3) is 0 Å². The van der Waals surface area contributed by atoms with Gasteiger partial charge in [0, 0.05) is 25.3 Å². The molecule has 112 valence electrons. The molecule has 2 N–H and O–H groups in total. The molecule has 1 aromatic heterocycles. The van der Waals surface area contributed by atoms with Gasteiger partial charge in [-0.1, -0.05) is 0 Å². The molecule has 1 aliphatic heterocycles. The van der Waals surface area contributed by atoms with Crippen LogP contribution in [0, 0.1) is 0 Å². The standard InChI is InChI=1S/C11H14F3N3O2S/c12-11(13,14)10-2-1-9(7-16-10)20(18,19)17-5-3-8(15)4-6-17/h1-2,7-8H,3-6,15H2. The normalized spacial score (nSPS) is 19.2. The van der Waals surface area contributed by atoms with Crippen molar-refractivity contribution in [3.8, 4) is 0 Å². The lowest BCUT2D eigenvalue weighted by atomic mass is 10.1. The van der Waals surface area contributed by atoms with E-state index in [2.05, 4.69) is 4.98 Å². The molecule has 0 bridgehead atoms. The maximum Gasteiger partial charge on any atom is 0.433 e. The van der Waals surface area contributed by atoms with Crippen molar-refractivity contribution < 1.29 is 21.6 Å². The molecule has 0 aliphatic carbocycles. The second-order valence-electron chi connectivity index (χ2n) is 4.62.